The largest absolute Gasteiger partial charge is 0.472 e. The third kappa shape index (κ3) is 5.33. The molecule has 3 aliphatic rings. The zero-order valence-corrected chi connectivity index (χ0v) is 24.3. The molecule has 0 spiro atoms. The Morgan fingerprint density at radius 1 is 0.844 bits per heavy atom. The van der Waals surface area contributed by atoms with E-state index in [1.165, 1.54) is 21.5 Å². The fourth-order valence-corrected chi connectivity index (χ4v) is 7.38. The summed E-state index contributed by atoms with van der Waals surface area (Å²) in [5.74, 6) is 0.0235. The Morgan fingerprint density at radius 3 is 2.02 bits per heavy atom. The number of rotatable bonds is 2. The minimum absolute atomic E-state index is 0.0183. The van der Waals surface area contributed by atoms with Gasteiger partial charge in [-0.15, -0.1) is 0 Å². The van der Waals surface area contributed by atoms with E-state index in [9.17, 15) is 33.9 Å². The van der Waals surface area contributed by atoms with Gasteiger partial charge in [-0.2, -0.15) is 0 Å². The molecule has 3 saturated heterocycles. The smallest absolute Gasteiger partial charge is 0.386 e. The number of nitrogens with zero attached hydrogens (tertiary/aromatic N) is 6. The molecule has 10 atom stereocenters. The number of pyridine rings is 1. The molecule has 0 amide bonds. The van der Waals surface area contributed by atoms with E-state index in [1.54, 1.807) is 0 Å². The molecule has 4 aromatic rings. The molecule has 7 heterocycles. The van der Waals surface area contributed by atoms with E-state index < -0.39 is 83.5 Å². The maximum absolute atomic E-state index is 13.1. The number of H-pyrrole nitrogens is 1. The van der Waals surface area contributed by atoms with Crippen LogP contribution in [-0.2, 0) is 36.7 Å². The quantitative estimate of drug-likeness (QED) is 0.116. The number of nitrogens with one attached hydrogen (secondary N) is 1. The monoisotopic (exact) mass is 673 g/mol. The van der Waals surface area contributed by atoms with Gasteiger partial charge in [-0.25, -0.2) is 29.1 Å². The Balaban J connectivity index is 1.17. The van der Waals surface area contributed by atoms with Gasteiger partial charge in [0, 0.05) is 6.07 Å². The van der Waals surface area contributed by atoms with Crippen molar-refractivity contribution in [2.75, 3.05) is 24.7 Å². The van der Waals surface area contributed by atoms with Gasteiger partial charge in [0.05, 0.1) is 31.4 Å². The number of aromatic nitrogens is 7. The maximum Gasteiger partial charge on any atom is 0.472 e. The number of hydrogen-bond acceptors (Lipinski definition) is 17. The second-order valence-electron chi connectivity index (χ2n) is 10.3. The number of anilines is 2. The Hall–Kier alpha value is -3.37. The summed E-state index contributed by atoms with van der Waals surface area (Å²) >= 11 is 0. The second kappa shape index (κ2) is 10.9. The van der Waals surface area contributed by atoms with Gasteiger partial charge in [-0.05, 0) is 0 Å². The predicted molar refractivity (Wildman–Crippen MR) is 146 cm³/mol. The number of phosphoric acid groups is 2. The molecule has 45 heavy (non-hydrogen) atoms. The Bertz CT molecular complexity index is 1930. The molecule has 7 rings (SSSR count). The molecule has 3 aliphatic heterocycles. The lowest BCUT2D eigenvalue weighted by Crippen LogP contribution is -2.39. The zero-order valence-electron chi connectivity index (χ0n) is 22.5. The van der Waals surface area contributed by atoms with Crippen molar-refractivity contribution in [3.8, 4) is 0 Å². The molecule has 3 fully saturated rings. The Morgan fingerprint density at radius 2 is 1.40 bits per heavy atom. The van der Waals surface area contributed by atoms with E-state index in [0.717, 1.165) is 12.7 Å². The number of aliphatic hydroxyl groups excluding tert-OH is 2. The van der Waals surface area contributed by atoms with Crippen molar-refractivity contribution in [3.05, 3.63) is 35.4 Å². The number of aliphatic hydroxyl groups is 2. The summed E-state index contributed by atoms with van der Waals surface area (Å²) in [5.41, 5.74) is 11.4. The number of nitrogens with two attached hydrogens (primary N) is 2. The molecule has 4 aromatic heterocycles. The van der Waals surface area contributed by atoms with Crippen LogP contribution >= 0.6 is 15.6 Å². The highest BCUT2D eigenvalue weighted by Crippen LogP contribution is 2.53. The predicted octanol–water partition coefficient (Wildman–Crippen LogP) is -1.74. The average Bonchev–Trinajstić information content (AvgIpc) is 3.72. The van der Waals surface area contributed by atoms with Crippen molar-refractivity contribution < 1.29 is 56.7 Å². The van der Waals surface area contributed by atoms with Gasteiger partial charge in [0.1, 0.15) is 54.3 Å². The maximum atomic E-state index is 13.1. The first kappa shape index (κ1) is 30.3. The highest BCUT2D eigenvalue weighted by Gasteiger charge is 2.54. The third-order valence-electron chi connectivity index (χ3n) is 7.47. The lowest BCUT2D eigenvalue weighted by Gasteiger charge is -2.27. The van der Waals surface area contributed by atoms with Gasteiger partial charge in [0.25, 0.3) is 5.56 Å². The zero-order chi connectivity index (χ0) is 31.8. The summed E-state index contributed by atoms with van der Waals surface area (Å²) in [4.78, 5) is 51.9. The number of phosphoric ester groups is 2. The van der Waals surface area contributed by atoms with Crippen molar-refractivity contribution in [1.29, 1.82) is 0 Å². The molecule has 0 radical (unpaired) electrons. The summed E-state index contributed by atoms with van der Waals surface area (Å²) in [6.45, 7) is -1.62. The van der Waals surface area contributed by atoms with Crippen molar-refractivity contribution >= 4 is 49.5 Å². The average molecular weight is 673 g/mol. The van der Waals surface area contributed by atoms with Crippen LogP contribution < -0.4 is 17.0 Å². The SMILES string of the molecule is Nc1cc2c(ncn2[C@@H]2O[C@@H]3COP(=O)(O)O[C@H]4[C@@H](O)[C@H](n5cnc6c(N)ncnc65)O[C@@H]4COP(=O)(O)O[C@H]3[C@H]2O)c(=O)[nH]1. The van der Waals surface area contributed by atoms with Gasteiger partial charge in [0.15, 0.2) is 29.4 Å². The fourth-order valence-electron chi connectivity index (χ4n) is 5.45. The molecule has 24 heteroatoms. The van der Waals surface area contributed by atoms with Crippen LogP contribution in [0.2, 0.25) is 0 Å². The van der Waals surface area contributed by atoms with Crippen LogP contribution in [-0.4, -0.2) is 104 Å². The molecule has 2 unspecified atom stereocenters. The van der Waals surface area contributed by atoms with E-state index in [1.807, 2.05) is 0 Å². The van der Waals surface area contributed by atoms with Gasteiger partial charge >= 0.3 is 15.6 Å². The highest BCUT2D eigenvalue weighted by molar-refractivity contribution is 7.47. The van der Waals surface area contributed by atoms with Crippen LogP contribution in [0.25, 0.3) is 22.2 Å². The third-order valence-corrected chi connectivity index (χ3v) is 9.44. The summed E-state index contributed by atoms with van der Waals surface area (Å²) in [6, 6.07) is 1.35. The number of nitrogen functional groups attached to an aromatic ring is 2. The molecule has 22 nitrogen and oxygen atoms in total. The van der Waals surface area contributed by atoms with Crippen LogP contribution in [0.5, 0.6) is 0 Å². The number of hydrogen-bond donors (Lipinski definition) is 7. The number of aromatic amines is 1. The topological polar surface area (TPSA) is 317 Å². The molecule has 9 N–H and O–H groups in total. The lowest BCUT2D eigenvalue weighted by molar-refractivity contribution is -0.0663. The van der Waals surface area contributed by atoms with Crippen LogP contribution in [0.3, 0.4) is 0 Å². The summed E-state index contributed by atoms with van der Waals surface area (Å²) in [6.07, 6.45) is -8.85. The van der Waals surface area contributed by atoms with Gasteiger partial charge in [-0.3, -0.25) is 27.5 Å². The number of fused-ring (bicyclic) bond motifs is 4. The lowest BCUT2D eigenvalue weighted by atomic mass is 10.1. The van der Waals surface area contributed by atoms with Crippen LogP contribution in [0.4, 0.5) is 11.6 Å². The number of ether oxygens (including phenoxy) is 2. The van der Waals surface area contributed by atoms with E-state index in [0.29, 0.717) is 0 Å². The molecule has 242 valence electrons. The minimum Gasteiger partial charge on any atom is -0.386 e. The summed E-state index contributed by atoms with van der Waals surface area (Å²) in [5, 5.41) is 22.3. The first-order chi connectivity index (χ1) is 21.3. The van der Waals surface area contributed by atoms with E-state index in [-0.39, 0.29) is 33.8 Å². The standard InChI is InChI=1S/C21H25N9O13P2/c22-10-1-7-11(19(33)28-10)26-5-29(7)20-13(31)15-8(40-20)2-38-45(36,37)43-16-9(3-39-44(34,35)42-15)41-21(14(16)32)30-6-27-12-17(23)24-4-25-18(12)30/h1,4-6,8-9,13-16,20-21,31-32H,2-3H2,(H,34,35)(H,36,37)(H3,22,28,33)(H2,23,24,25)/t8-,9-,13-,14-,15-,16-,20-,21-/m1/s1. The van der Waals surface area contributed by atoms with Crippen molar-refractivity contribution in [1.82, 2.24) is 34.1 Å². The molecule has 0 bridgehead atoms. The minimum atomic E-state index is -5.04. The van der Waals surface area contributed by atoms with Crippen molar-refractivity contribution in [3.63, 3.8) is 0 Å². The van der Waals surface area contributed by atoms with Gasteiger partial charge in [0.2, 0.25) is 0 Å². The molecular weight excluding hydrogens is 648 g/mol. The Kier molecular flexibility index (Phi) is 7.32. The Labute approximate surface area is 249 Å². The van der Waals surface area contributed by atoms with E-state index >= 15 is 0 Å². The molecule has 0 aliphatic carbocycles. The van der Waals surface area contributed by atoms with Crippen LogP contribution in [0.1, 0.15) is 12.5 Å². The van der Waals surface area contributed by atoms with E-state index in [2.05, 4.69) is 24.9 Å². The van der Waals surface area contributed by atoms with Crippen LogP contribution in [0.15, 0.2) is 29.8 Å². The normalized spacial score (nSPS) is 37.7. The van der Waals surface area contributed by atoms with Crippen molar-refractivity contribution in [2.24, 2.45) is 0 Å². The first-order valence-corrected chi connectivity index (χ1v) is 16.1. The summed E-state index contributed by atoms with van der Waals surface area (Å²) in [7, 11) is -10.1. The van der Waals surface area contributed by atoms with Crippen LogP contribution in [0, 0.1) is 0 Å². The first-order valence-electron chi connectivity index (χ1n) is 13.1. The summed E-state index contributed by atoms with van der Waals surface area (Å²) < 4.78 is 61.1. The molecular formula is C21H25N9O13P2. The molecule has 0 saturated carbocycles. The fraction of sp³-hybridized carbons (Fsp3) is 0.476. The number of imidazole rings is 2. The van der Waals surface area contributed by atoms with Crippen molar-refractivity contribution in [2.45, 2.75) is 49.1 Å². The van der Waals surface area contributed by atoms with Gasteiger partial charge < -0.3 is 50.5 Å². The van der Waals surface area contributed by atoms with E-state index in [4.69, 9.17) is 39.0 Å². The molecule has 0 aromatic carbocycles. The second-order valence-corrected chi connectivity index (χ2v) is 13.1. The highest BCUT2D eigenvalue weighted by atomic mass is 31.2. The van der Waals surface area contributed by atoms with Gasteiger partial charge in [-0.1, -0.05) is 0 Å².